The smallest absolute Gasteiger partial charge is 0.128 e. The number of halogens is 1. The topological polar surface area (TPSA) is 50.9 Å². The Bertz CT molecular complexity index is 894. The van der Waals surface area contributed by atoms with E-state index < -0.39 is 0 Å². The van der Waals surface area contributed by atoms with Gasteiger partial charge in [0.05, 0.1) is 11.9 Å². The average molecular weight is 342 g/mol. The molecular weight excluding hydrogens is 322 g/mol. The fraction of sp³-hybridized carbons (Fsp3) is 0.263. The van der Waals surface area contributed by atoms with Crippen molar-refractivity contribution in [2.45, 2.75) is 33.1 Å². The third kappa shape index (κ3) is 3.15. The Labute approximate surface area is 146 Å². The van der Waals surface area contributed by atoms with Crippen LogP contribution in [0.5, 0.6) is 5.75 Å². The molecule has 3 rings (SSSR count). The Balaban J connectivity index is 2.09. The molecular formula is C19H20ClN3O. The summed E-state index contributed by atoms with van der Waals surface area (Å²) in [5.74, 6) is 0.256. The van der Waals surface area contributed by atoms with Gasteiger partial charge in [0.25, 0.3) is 0 Å². The van der Waals surface area contributed by atoms with Crippen molar-refractivity contribution in [3.05, 3.63) is 58.7 Å². The highest BCUT2D eigenvalue weighted by Gasteiger charge is 2.22. The molecule has 1 aromatic heterocycles. The van der Waals surface area contributed by atoms with Crippen molar-refractivity contribution in [2.75, 3.05) is 0 Å². The van der Waals surface area contributed by atoms with Gasteiger partial charge in [-0.15, -0.1) is 5.10 Å². The summed E-state index contributed by atoms with van der Waals surface area (Å²) in [6.07, 6.45) is 1.65. The zero-order valence-corrected chi connectivity index (χ0v) is 15.0. The Hall–Kier alpha value is -2.33. The zero-order valence-electron chi connectivity index (χ0n) is 14.2. The summed E-state index contributed by atoms with van der Waals surface area (Å²) in [5.41, 5.74) is 3.90. The summed E-state index contributed by atoms with van der Waals surface area (Å²) in [4.78, 5) is 1.51. The molecule has 0 saturated carbocycles. The summed E-state index contributed by atoms with van der Waals surface area (Å²) >= 11 is 6.03. The normalized spacial score (nSPS) is 11.7. The molecule has 0 aliphatic carbocycles. The van der Waals surface area contributed by atoms with Crippen molar-refractivity contribution >= 4 is 11.6 Å². The lowest BCUT2D eigenvalue weighted by atomic mass is 9.84. The Morgan fingerprint density at radius 3 is 2.54 bits per heavy atom. The van der Waals surface area contributed by atoms with Gasteiger partial charge in [0, 0.05) is 16.1 Å². The van der Waals surface area contributed by atoms with Crippen molar-refractivity contribution in [1.82, 2.24) is 15.0 Å². The van der Waals surface area contributed by atoms with E-state index in [1.807, 2.05) is 31.2 Å². The van der Waals surface area contributed by atoms with E-state index in [1.165, 1.54) is 4.80 Å². The lowest BCUT2D eigenvalue weighted by Gasteiger charge is -2.22. The first-order valence-corrected chi connectivity index (χ1v) is 8.16. The molecule has 1 heterocycles. The maximum absolute atomic E-state index is 10.7. The second-order valence-electron chi connectivity index (χ2n) is 6.96. The van der Waals surface area contributed by atoms with E-state index in [0.717, 1.165) is 16.8 Å². The van der Waals surface area contributed by atoms with Gasteiger partial charge >= 0.3 is 0 Å². The van der Waals surface area contributed by atoms with Crippen LogP contribution in [0.4, 0.5) is 0 Å². The minimum atomic E-state index is -0.159. The van der Waals surface area contributed by atoms with E-state index in [-0.39, 0.29) is 11.2 Å². The third-order valence-corrected chi connectivity index (χ3v) is 4.10. The summed E-state index contributed by atoms with van der Waals surface area (Å²) < 4.78 is 0. The van der Waals surface area contributed by atoms with E-state index in [2.05, 4.69) is 31.0 Å². The minimum absolute atomic E-state index is 0.159. The standard InChI is InChI=1S/C19H20ClN3O/c1-12-8-15(18(24)16(9-12)19(2,3)4)17-11-21-23(22-17)14-7-5-6-13(20)10-14/h5-11,24H,1-4H3. The van der Waals surface area contributed by atoms with Crippen molar-refractivity contribution in [3.63, 3.8) is 0 Å². The van der Waals surface area contributed by atoms with E-state index in [0.29, 0.717) is 16.3 Å². The number of aromatic nitrogens is 3. The lowest BCUT2D eigenvalue weighted by molar-refractivity contribution is 0.448. The van der Waals surface area contributed by atoms with Gasteiger partial charge in [-0.3, -0.25) is 0 Å². The van der Waals surface area contributed by atoms with Crippen LogP contribution in [0.3, 0.4) is 0 Å². The Kier molecular flexibility index (Phi) is 4.10. The first-order chi connectivity index (χ1) is 11.3. The second-order valence-corrected chi connectivity index (χ2v) is 7.39. The molecule has 0 atom stereocenters. The maximum Gasteiger partial charge on any atom is 0.128 e. The van der Waals surface area contributed by atoms with Crippen LogP contribution in [-0.2, 0) is 5.41 Å². The first-order valence-electron chi connectivity index (χ1n) is 7.78. The highest BCUT2D eigenvalue weighted by atomic mass is 35.5. The van der Waals surface area contributed by atoms with E-state index in [4.69, 9.17) is 11.6 Å². The number of hydrogen-bond acceptors (Lipinski definition) is 3. The zero-order chi connectivity index (χ0) is 17.5. The predicted octanol–water partition coefficient (Wildman–Crippen LogP) is 4.90. The molecule has 5 heteroatoms. The molecule has 2 aromatic carbocycles. The van der Waals surface area contributed by atoms with Crippen molar-refractivity contribution in [3.8, 4) is 22.7 Å². The number of nitrogens with zero attached hydrogens (tertiary/aromatic N) is 3. The number of phenols is 1. The molecule has 124 valence electrons. The van der Waals surface area contributed by atoms with Crippen LogP contribution < -0.4 is 0 Å². The molecule has 0 aliphatic heterocycles. The summed E-state index contributed by atoms with van der Waals surface area (Å²) in [6, 6.07) is 11.3. The second kappa shape index (κ2) is 5.95. The minimum Gasteiger partial charge on any atom is -0.507 e. The van der Waals surface area contributed by atoms with Gasteiger partial charge < -0.3 is 5.11 Å². The first kappa shape index (κ1) is 16.5. The molecule has 0 bridgehead atoms. The number of hydrogen-bond donors (Lipinski definition) is 1. The van der Waals surface area contributed by atoms with Crippen LogP contribution >= 0.6 is 11.6 Å². The third-order valence-electron chi connectivity index (χ3n) is 3.87. The fourth-order valence-electron chi connectivity index (χ4n) is 2.66. The number of benzene rings is 2. The molecule has 0 amide bonds. The van der Waals surface area contributed by atoms with Gasteiger partial charge in [0.1, 0.15) is 11.4 Å². The molecule has 0 spiro atoms. The van der Waals surface area contributed by atoms with Gasteiger partial charge in [0.15, 0.2) is 0 Å². The number of phenolic OH excluding ortho intramolecular Hbond substituents is 1. The number of aromatic hydroxyl groups is 1. The maximum atomic E-state index is 10.7. The molecule has 1 N–H and O–H groups in total. The average Bonchev–Trinajstić information content (AvgIpc) is 2.98. The molecule has 0 unspecified atom stereocenters. The lowest BCUT2D eigenvalue weighted by Crippen LogP contribution is -2.12. The quantitative estimate of drug-likeness (QED) is 0.721. The van der Waals surface area contributed by atoms with Crippen LogP contribution in [-0.4, -0.2) is 20.1 Å². The number of rotatable bonds is 2. The van der Waals surface area contributed by atoms with Gasteiger partial charge in [-0.2, -0.15) is 9.90 Å². The predicted molar refractivity (Wildman–Crippen MR) is 96.9 cm³/mol. The SMILES string of the molecule is Cc1cc(-c2cnn(-c3cccc(Cl)c3)n2)c(O)c(C(C)(C)C)c1. The van der Waals surface area contributed by atoms with E-state index >= 15 is 0 Å². The van der Waals surface area contributed by atoms with E-state index in [1.54, 1.807) is 18.3 Å². The van der Waals surface area contributed by atoms with Gasteiger partial charge in [0.2, 0.25) is 0 Å². The Morgan fingerprint density at radius 2 is 1.88 bits per heavy atom. The Morgan fingerprint density at radius 1 is 1.12 bits per heavy atom. The molecule has 0 radical (unpaired) electrons. The van der Waals surface area contributed by atoms with Crippen molar-refractivity contribution < 1.29 is 5.11 Å². The largest absolute Gasteiger partial charge is 0.507 e. The van der Waals surface area contributed by atoms with Crippen LogP contribution in [0.15, 0.2) is 42.6 Å². The van der Waals surface area contributed by atoms with Crippen LogP contribution in [0.25, 0.3) is 16.9 Å². The monoisotopic (exact) mass is 341 g/mol. The molecule has 0 saturated heterocycles. The van der Waals surface area contributed by atoms with Gasteiger partial charge in [-0.25, -0.2) is 0 Å². The highest BCUT2D eigenvalue weighted by molar-refractivity contribution is 6.30. The highest BCUT2D eigenvalue weighted by Crippen LogP contribution is 2.38. The van der Waals surface area contributed by atoms with Crippen LogP contribution in [0.1, 0.15) is 31.9 Å². The molecule has 4 nitrogen and oxygen atoms in total. The molecule has 24 heavy (non-hydrogen) atoms. The van der Waals surface area contributed by atoms with Crippen molar-refractivity contribution in [1.29, 1.82) is 0 Å². The van der Waals surface area contributed by atoms with Gasteiger partial charge in [-0.05, 0) is 42.2 Å². The van der Waals surface area contributed by atoms with Gasteiger partial charge in [-0.1, -0.05) is 44.5 Å². The summed E-state index contributed by atoms with van der Waals surface area (Å²) in [6.45, 7) is 8.25. The van der Waals surface area contributed by atoms with Crippen molar-refractivity contribution in [2.24, 2.45) is 0 Å². The van der Waals surface area contributed by atoms with Crippen LogP contribution in [0, 0.1) is 6.92 Å². The molecule has 0 aliphatic rings. The summed E-state index contributed by atoms with van der Waals surface area (Å²) in [7, 11) is 0. The summed E-state index contributed by atoms with van der Waals surface area (Å²) in [5, 5.41) is 20.2. The van der Waals surface area contributed by atoms with E-state index in [9.17, 15) is 5.11 Å². The number of aryl methyl sites for hydroxylation is 1. The molecule has 3 aromatic rings. The van der Waals surface area contributed by atoms with Crippen LogP contribution in [0.2, 0.25) is 5.02 Å². The fourth-order valence-corrected chi connectivity index (χ4v) is 2.84. The molecule has 0 fully saturated rings.